The average Bonchev–Trinajstić information content (AvgIpc) is 2.99. The van der Waals surface area contributed by atoms with Gasteiger partial charge in [0.05, 0.1) is 22.4 Å². The normalized spacial score (nSPS) is 22.4. The third kappa shape index (κ3) is 2.72. The molecule has 0 saturated carbocycles. The van der Waals surface area contributed by atoms with Crippen molar-refractivity contribution in [3.8, 4) is 0 Å². The number of pyridine rings is 1. The highest BCUT2D eigenvalue weighted by molar-refractivity contribution is 7.26. The van der Waals surface area contributed by atoms with Gasteiger partial charge in [-0.3, -0.25) is 0 Å². The predicted molar refractivity (Wildman–Crippen MR) is 111 cm³/mol. The van der Waals surface area contributed by atoms with Gasteiger partial charge in [-0.05, 0) is 52.5 Å². The van der Waals surface area contributed by atoms with E-state index in [9.17, 15) is 0 Å². The van der Waals surface area contributed by atoms with Crippen molar-refractivity contribution in [1.82, 2.24) is 15.0 Å². The third-order valence-corrected chi connectivity index (χ3v) is 7.16. The summed E-state index contributed by atoms with van der Waals surface area (Å²) in [5, 5.41) is 1.22. The molecule has 5 nitrogen and oxygen atoms in total. The Balaban J connectivity index is 1.78. The van der Waals surface area contributed by atoms with Gasteiger partial charge in [0.15, 0.2) is 0 Å². The molecule has 0 N–H and O–H groups in total. The van der Waals surface area contributed by atoms with Crippen molar-refractivity contribution in [2.45, 2.75) is 71.6 Å². The van der Waals surface area contributed by atoms with E-state index in [4.69, 9.17) is 19.7 Å². The number of rotatable bonds is 1. The Labute approximate surface area is 163 Å². The number of hydrogen-bond donors (Lipinski definition) is 0. The highest BCUT2D eigenvalue weighted by Crippen LogP contribution is 2.43. The molecule has 1 saturated heterocycles. The summed E-state index contributed by atoms with van der Waals surface area (Å²) in [5.74, 6) is 1.09. The van der Waals surface area contributed by atoms with Gasteiger partial charge >= 0.3 is 0 Å². The van der Waals surface area contributed by atoms with E-state index < -0.39 is 0 Å². The van der Waals surface area contributed by atoms with Gasteiger partial charge in [0.2, 0.25) is 0 Å². The van der Waals surface area contributed by atoms with Crippen molar-refractivity contribution in [1.29, 1.82) is 0 Å². The van der Waals surface area contributed by atoms with Crippen molar-refractivity contribution < 1.29 is 4.74 Å². The maximum absolute atomic E-state index is 6.07. The number of aryl methyl sites for hydroxylation is 1. The molecule has 142 valence electrons. The zero-order chi connectivity index (χ0) is 18.8. The smallest absolute Gasteiger partial charge is 0.150 e. The highest BCUT2D eigenvalue weighted by Gasteiger charge is 2.31. The topological polar surface area (TPSA) is 51.1 Å². The number of piperidine rings is 1. The Hall–Kier alpha value is -1.79. The fraction of sp³-hybridized carbons (Fsp3) is 0.571. The minimum absolute atomic E-state index is 0.154. The van der Waals surface area contributed by atoms with Crippen LogP contribution in [0.4, 0.5) is 5.82 Å². The van der Waals surface area contributed by atoms with Crippen LogP contribution in [0.5, 0.6) is 0 Å². The number of nitrogens with zero attached hydrogens (tertiary/aromatic N) is 4. The quantitative estimate of drug-likeness (QED) is 0.606. The molecule has 27 heavy (non-hydrogen) atoms. The van der Waals surface area contributed by atoms with Gasteiger partial charge in [0, 0.05) is 35.7 Å². The fourth-order valence-corrected chi connectivity index (χ4v) is 5.78. The first-order valence-electron chi connectivity index (χ1n) is 9.91. The van der Waals surface area contributed by atoms with E-state index in [0.29, 0.717) is 12.6 Å². The van der Waals surface area contributed by atoms with Crippen LogP contribution in [0, 0.1) is 6.92 Å². The van der Waals surface area contributed by atoms with Gasteiger partial charge in [-0.1, -0.05) is 0 Å². The van der Waals surface area contributed by atoms with E-state index >= 15 is 0 Å². The van der Waals surface area contributed by atoms with Gasteiger partial charge in [0.1, 0.15) is 17.0 Å². The van der Waals surface area contributed by atoms with Crippen LogP contribution in [0.2, 0.25) is 0 Å². The monoisotopic (exact) mass is 382 g/mol. The second kappa shape index (κ2) is 6.11. The summed E-state index contributed by atoms with van der Waals surface area (Å²) in [5.41, 5.74) is 4.61. The number of anilines is 1. The van der Waals surface area contributed by atoms with Crippen LogP contribution in [0.3, 0.4) is 0 Å². The minimum Gasteiger partial charge on any atom is -0.370 e. The Morgan fingerprint density at radius 2 is 2.07 bits per heavy atom. The average molecular weight is 383 g/mol. The molecule has 0 aromatic carbocycles. The van der Waals surface area contributed by atoms with E-state index in [2.05, 4.69) is 32.6 Å². The summed E-state index contributed by atoms with van der Waals surface area (Å²) in [7, 11) is 0. The lowest BCUT2D eigenvalue weighted by Crippen LogP contribution is -2.38. The number of aromatic nitrogens is 3. The molecule has 0 radical (unpaired) electrons. The van der Waals surface area contributed by atoms with Crippen LogP contribution < -0.4 is 4.90 Å². The first kappa shape index (κ1) is 17.3. The first-order valence-corrected chi connectivity index (χ1v) is 10.7. The summed E-state index contributed by atoms with van der Waals surface area (Å²) in [6.45, 7) is 10.5. The SMILES string of the molecule is Cc1nc2sc3c(N4CCCC[C@H]4C)ncnc3c2c2c1COC(C)(C)C2. The van der Waals surface area contributed by atoms with Gasteiger partial charge in [-0.25, -0.2) is 15.0 Å². The molecule has 1 atom stereocenters. The van der Waals surface area contributed by atoms with Crippen molar-refractivity contribution in [2.24, 2.45) is 0 Å². The summed E-state index contributed by atoms with van der Waals surface area (Å²) < 4.78 is 7.25. The minimum atomic E-state index is -0.154. The number of hydrogen-bond acceptors (Lipinski definition) is 6. The third-order valence-electron chi connectivity index (χ3n) is 6.09. The lowest BCUT2D eigenvalue weighted by atomic mass is 9.89. The Morgan fingerprint density at radius 3 is 2.89 bits per heavy atom. The second-order valence-electron chi connectivity index (χ2n) is 8.57. The standard InChI is InChI=1S/C21H26N4OS/c1-12-7-5-6-8-25(12)19-18-17(22-11-23-19)16-14-9-21(3,4)26-10-15(14)13(2)24-20(16)27-18/h11-12H,5-10H2,1-4H3/t12-/m1/s1. The zero-order valence-corrected chi connectivity index (χ0v) is 17.3. The summed E-state index contributed by atoms with van der Waals surface area (Å²) in [6, 6.07) is 0.526. The Bertz CT molecular complexity index is 1040. The van der Waals surface area contributed by atoms with Crippen molar-refractivity contribution in [3.05, 3.63) is 23.1 Å². The molecular weight excluding hydrogens is 356 g/mol. The summed E-state index contributed by atoms with van der Waals surface area (Å²) in [4.78, 5) is 17.9. The van der Waals surface area contributed by atoms with E-state index in [1.54, 1.807) is 17.7 Å². The molecule has 0 amide bonds. The van der Waals surface area contributed by atoms with E-state index in [0.717, 1.165) is 34.8 Å². The van der Waals surface area contributed by atoms with Crippen molar-refractivity contribution >= 4 is 37.6 Å². The Morgan fingerprint density at radius 1 is 1.22 bits per heavy atom. The van der Waals surface area contributed by atoms with Gasteiger partial charge in [-0.15, -0.1) is 11.3 Å². The van der Waals surface area contributed by atoms with Crippen molar-refractivity contribution in [2.75, 3.05) is 11.4 Å². The van der Waals surface area contributed by atoms with E-state index in [1.165, 1.54) is 40.5 Å². The Kier molecular flexibility index (Phi) is 3.92. The second-order valence-corrected chi connectivity index (χ2v) is 9.57. The van der Waals surface area contributed by atoms with Crippen LogP contribution >= 0.6 is 11.3 Å². The van der Waals surface area contributed by atoms with Crippen LogP contribution in [0.25, 0.3) is 20.4 Å². The molecule has 6 heteroatoms. The fourth-order valence-electron chi connectivity index (χ4n) is 4.57. The van der Waals surface area contributed by atoms with Gasteiger partial charge in [-0.2, -0.15) is 0 Å². The summed E-state index contributed by atoms with van der Waals surface area (Å²) in [6.07, 6.45) is 6.41. The lowest BCUT2D eigenvalue weighted by molar-refractivity contribution is -0.0400. The molecule has 3 aromatic rings. The number of ether oxygens (including phenoxy) is 1. The highest BCUT2D eigenvalue weighted by atomic mass is 32.1. The first-order chi connectivity index (χ1) is 12.9. The van der Waals surface area contributed by atoms with Gasteiger partial charge < -0.3 is 9.64 Å². The predicted octanol–water partition coefficient (Wildman–Crippen LogP) is 4.78. The largest absolute Gasteiger partial charge is 0.370 e. The molecule has 0 aliphatic carbocycles. The summed E-state index contributed by atoms with van der Waals surface area (Å²) >= 11 is 1.75. The molecule has 2 aliphatic heterocycles. The van der Waals surface area contributed by atoms with E-state index in [1.807, 2.05) is 0 Å². The molecular formula is C21H26N4OS. The molecule has 3 aromatic heterocycles. The molecule has 5 heterocycles. The van der Waals surface area contributed by atoms with Crippen LogP contribution in [-0.4, -0.2) is 33.1 Å². The van der Waals surface area contributed by atoms with Crippen LogP contribution in [-0.2, 0) is 17.8 Å². The number of fused-ring (bicyclic) bond motifs is 5. The zero-order valence-electron chi connectivity index (χ0n) is 16.5. The van der Waals surface area contributed by atoms with Crippen LogP contribution in [0.1, 0.15) is 56.9 Å². The molecule has 0 bridgehead atoms. The molecule has 2 aliphatic rings. The molecule has 5 rings (SSSR count). The van der Waals surface area contributed by atoms with Gasteiger partial charge in [0.25, 0.3) is 0 Å². The van der Waals surface area contributed by atoms with Crippen LogP contribution in [0.15, 0.2) is 6.33 Å². The maximum Gasteiger partial charge on any atom is 0.150 e. The molecule has 0 unspecified atom stereocenters. The van der Waals surface area contributed by atoms with Crippen molar-refractivity contribution in [3.63, 3.8) is 0 Å². The molecule has 0 spiro atoms. The van der Waals surface area contributed by atoms with E-state index in [-0.39, 0.29) is 5.60 Å². The molecule has 1 fully saturated rings. The maximum atomic E-state index is 6.07. The lowest BCUT2D eigenvalue weighted by Gasteiger charge is -2.34. The number of thiophene rings is 1.